The van der Waals surface area contributed by atoms with Crippen molar-refractivity contribution in [2.24, 2.45) is 0 Å². The maximum atomic E-state index is 11.0. The quantitative estimate of drug-likeness (QED) is 0.444. The van der Waals surface area contributed by atoms with E-state index in [0.717, 1.165) is 30.1 Å². The van der Waals surface area contributed by atoms with Gasteiger partial charge in [0.25, 0.3) is 0 Å². The molecule has 2 aliphatic heterocycles. The predicted octanol–water partition coefficient (Wildman–Crippen LogP) is 1.05. The van der Waals surface area contributed by atoms with Crippen molar-refractivity contribution < 1.29 is 9.53 Å². The third-order valence-corrected chi connectivity index (χ3v) is 5.03. The largest absolute Gasteiger partial charge is 0.469 e. The van der Waals surface area contributed by atoms with Gasteiger partial charge in [-0.15, -0.1) is 0 Å². The average molecular weight is 274 g/mol. The van der Waals surface area contributed by atoms with Crippen LogP contribution in [0.3, 0.4) is 0 Å². The Morgan fingerprint density at radius 2 is 2.35 bits per heavy atom. The van der Waals surface area contributed by atoms with E-state index in [0.29, 0.717) is 23.8 Å². The Kier molecular flexibility index (Phi) is 4.50. The fourth-order valence-corrected chi connectivity index (χ4v) is 4.19. The second kappa shape index (κ2) is 5.91. The molecule has 0 amide bonds. The number of ether oxygens (including phenoxy) is 1. The van der Waals surface area contributed by atoms with E-state index in [-0.39, 0.29) is 5.97 Å². The summed E-state index contributed by atoms with van der Waals surface area (Å²) >= 11 is 7.12. The van der Waals surface area contributed by atoms with Crippen molar-refractivity contribution in [3.8, 4) is 0 Å². The first-order valence-corrected chi connectivity index (χ1v) is 7.42. The summed E-state index contributed by atoms with van der Waals surface area (Å²) in [6, 6.07) is 0.976. The summed E-state index contributed by atoms with van der Waals surface area (Å²) in [5.74, 6) is 1.02. The normalized spacial score (nSPS) is 30.6. The number of unbranched alkanes of at least 4 members (excludes halogenated alkanes) is 1. The number of esters is 1. The summed E-state index contributed by atoms with van der Waals surface area (Å²) in [4.78, 5) is 11.0. The number of thioether (sulfide) groups is 1. The lowest BCUT2D eigenvalue weighted by Crippen LogP contribution is -2.36. The number of thiocarbonyl (C=S) groups is 1. The lowest BCUT2D eigenvalue weighted by molar-refractivity contribution is -0.140. The molecule has 0 radical (unpaired) electrons. The molecular formula is C11H18N2O2S2. The van der Waals surface area contributed by atoms with E-state index in [1.807, 2.05) is 11.8 Å². The second-order valence-electron chi connectivity index (χ2n) is 4.44. The van der Waals surface area contributed by atoms with Gasteiger partial charge >= 0.3 is 5.97 Å². The Labute approximate surface area is 111 Å². The zero-order chi connectivity index (χ0) is 12.3. The summed E-state index contributed by atoms with van der Waals surface area (Å²) in [5, 5.41) is 8.03. The Balaban J connectivity index is 1.66. The van der Waals surface area contributed by atoms with Crippen LogP contribution < -0.4 is 10.6 Å². The molecule has 2 rings (SSSR count). The number of carbonyl (C=O) groups excluding carboxylic acids is 1. The molecule has 0 aliphatic carbocycles. The van der Waals surface area contributed by atoms with Crippen LogP contribution in [-0.4, -0.2) is 41.3 Å². The number of nitrogens with one attached hydrogen (secondary N) is 2. The van der Waals surface area contributed by atoms with Crippen LogP contribution in [0, 0.1) is 0 Å². The van der Waals surface area contributed by atoms with Crippen LogP contribution in [-0.2, 0) is 9.53 Å². The molecule has 96 valence electrons. The summed E-state index contributed by atoms with van der Waals surface area (Å²) < 4.78 is 4.62. The summed E-state index contributed by atoms with van der Waals surface area (Å²) in [5.41, 5.74) is 0. The van der Waals surface area contributed by atoms with Crippen molar-refractivity contribution in [3.05, 3.63) is 0 Å². The zero-order valence-corrected chi connectivity index (χ0v) is 11.5. The van der Waals surface area contributed by atoms with Gasteiger partial charge in [0, 0.05) is 17.4 Å². The van der Waals surface area contributed by atoms with Gasteiger partial charge in [0.15, 0.2) is 5.11 Å². The number of hydrogen-bond donors (Lipinski definition) is 2. The van der Waals surface area contributed by atoms with Gasteiger partial charge in [-0.25, -0.2) is 0 Å². The molecule has 0 aromatic heterocycles. The van der Waals surface area contributed by atoms with Gasteiger partial charge in [-0.2, -0.15) is 11.8 Å². The van der Waals surface area contributed by atoms with E-state index in [9.17, 15) is 4.79 Å². The van der Waals surface area contributed by atoms with Crippen LogP contribution >= 0.6 is 24.0 Å². The van der Waals surface area contributed by atoms with Crippen LogP contribution in [0.2, 0.25) is 0 Å². The highest BCUT2D eigenvalue weighted by Crippen LogP contribution is 2.33. The zero-order valence-electron chi connectivity index (χ0n) is 9.90. The Morgan fingerprint density at radius 3 is 3.12 bits per heavy atom. The summed E-state index contributed by atoms with van der Waals surface area (Å²) in [6.07, 6.45) is 3.66. The third-order valence-electron chi connectivity index (χ3n) is 3.29. The first kappa shape index (κ1) is 13.0. The maximum absolute atomic E-state index is 11.0. The first-order chi connectivity index (χ1) is 8.20. The van der Waals surface area contributed by atoms with E-state index in [1.54, 1.807) is 0 Å². The number of fused-ring (bicyclic) bond motifs is 1. The molecule has 0 aromatic rings. The van der Waals surface area contributed by atoms with Gasteiger partial charge in [0.1, 0.15) is 0 Å². The lowest BCUT2D eigenvalue weighted by atomic mass is 10.0. The van der Waals surface area contributed by atoms with Gasteiger partial charge in [-0.05, 0) is 25.1 Å². The Morgan fingerprint density at radius 1 is 1.53 bits per heavy atom. The van der Waals surface area contributed by atoms with Crippen LogP contribution in [0.25, 0.3) is 0 Å². The van der Waals surface area contributed by atoms with Gasteiger partial charge in [-0.1, -0.05) is 6.42 Å². The third kappa shape index (κ3) is 3.25. The molecule has 2 saturated heterocycles. The number of carbonyl (C=O) groups is 1. The molecule has 0 aromatic carbocycles. The van der Waals surface area contributed by atoms with Crippen molar-refractivity contribution >= 4 is 35.1 Å². The van der Waals surface area contributed by atoms with Crippen molar-refractivity contribution in [2.45, 2.75) is 43.0 Å². The van der Waals surface area contributed by atoms with Gasteiger partial charge < -0.3 is 15.4 Å². The smallest absolute Gasteiger partial charge is 0.305 e. The fraction of sp³-hybridized carbons (Fsp3) is 0.818. The van der Waals surface area contributed by atoms with Crippen molar-refractivity contribution in [3.63, 3.8) is 0 Å². The molecule has 2 fully saturated rings. The van der Waals surface area contributed by atoms with E-state index in [2.05, 4.69) is 15.4 Å². The van der Waals surface area contributed by atoms with Gasteiger partial charge in [0.05, 0.1) is 19.2 Å². The van der Waals surface area contributed by atoms with E-state index in [1.165, 1.54) is 7.11 Å². The van der Waals surface area contributed by atoms with Crippen molar-refractivity contribution in [1.82, 2.24) is 10.6 Å². The summed E-state index contributed by atoms with van der Waals surface area (Å²) in [7, 11) is 1.44. The number of rotatable bonds is 5. The molecule has 6 heteroatoms. The molecule has 0 saturated carbocycles. The first-order valence-electron chi connectivity index (χ1n) is 5.96. The van der Waals surface area contributed by atoms with Crippen LogP contribution in [0.1, 0.15) is 25.7 Å². The van der Waals surface area contributed by atoms with Crippen LogP contribution in [0.4, 0.5) is 0 Å². The molecule has 0 bridgehead atoms. The Bertz CT molecular complexity index is 312. The van der Waals surface area contributed by atoms with E-state index in [4.69, 9.17) is 12.2 Å². The minimum absolute atomic E-state index is 0.108. The molecule has 2 unspecified atom stereocenters. The Hall–Kier alpha value is -0.490. The molecule has 2 heterocycles. The SMILES string of the molecule is COC(=O)CCCC[C@@H]1SCC2NC(=S)NC21. The highest BCUT2D eigenvalue weighted by atomic mass is 32.2. The minimum Gasteiger partial charge on any atom is -0.469 e. The molecule has 0 spiro atoms. The van der Waals surface area contributed by atoms with E-state index < -0.39 is 0 Å². The fourth-order valence-electron chi connectivity index (χ4n) is 2.36. The van der Waals surface area contributed by atoms with Gasteiger partial charge in [0.2, 0.25) is 0 Å². The molecular weight excluding hydrogens is 256 g/mol. The predicted molar refractivity (Wildman–Crippen MR) is 73.2 cm³/mol. The second-order valence-corrected chi connectivity index (χ2v) is 6.12. The van der Waals surface area contributed by atoms with Crippen LogP contribution in [0.15, 0.2) is 0 Å². The summed E-state index contributed by atoms with van der Waals surface area (Å²) in [6.45, 7) is 0. The molecule has 4 nitrogen and oxygen atoms in total. The standard InChI is InChI=1S/C11H18N2O2S2/c1-15-9(14)5-3-2-4-8-10-7(6-17-8)12-11(16)13-10/h7-8,10H,2-6H2,1H3,(H2,12,13,16)/t7?,8-,10?/m0/s1. The van der Waals surface area contributed by atoms with Gasteiger partial charge in [-0.3, -0.25) is 4.79 Å². The highest BCUT2D eigenvalue weighted by molar-refractivity contribution is 8.00. The van der Waals surface area contributed by atoms with Crippen molar-refractivity contribution in [2.75, 3.05) is 12.9 Å². The number of methoxy groups -OCH3 is 1. The minimum atomic E-state index is -0.108. The lowest BCUT2D eigenvalue weighted by Gasteiger charge is -2.16. The van der Waals surface area contributed by atoms with Crippen LogP contribution in [0.5, 0.6) is 0 Å². The average Bonchev–Trinajstić information content (AvgIpc) is 2.84. The molecule has 17 heavy (non-hydrogen) atoms. The molecule has 3 atom stereocenters. The highest BCUT2D eigenvalue weighted by Gasteiger charge is 2.41. The van der Waals surface area contributed by atoms with E-state index >= 15 is 0 Å². The number of hydrogen-bond acceptors (Lipinski definition) is 4. The van der Waals surface area contributed by atoms with Crippen molar-refractivity contribution in [1.29, 1.82) is 0 Å². The molecule has 2 N–H and O–H groups in total. The topological polar surface area (TPSA) is 50.4 Å². The molecule has 2 aliphatic rings. The monoisotopic (exact) mass is 274 g/mol. The maximum Gasteiger partial charge on any atom is 0.305 e.